The molecular weight excluding hydrogens is 456 g/mol. The van der Waals surface area contributed by atoms with E-state index in [1.165, 1.54) is 14.2 Å². The molecule has 1 aliphatic rings. The van der Waals surface area contributed by atoms with Crippen LogP contribution in [-0.2, 0) is 6.42 Å². The van der Waals surface area contributed by atoms with Gasteiger partial charge in [-0.3, -0.25) is 9.59 Å². The number of carbonyl (C=O) groups is 2. The van der Waals surface area contributed by atoms with Gasteiger partial charge >= 0.3 is 0 Å². The minimum Gasteiger partial charge on any atom is -0.497 e. The van der Waals surface area contributed by atoms with Crippen molar-refractivity contribution in [2.24, 2.45) is 0 Å². The number of fused-ring (bicyclic) bond motifs is 1. The Morgan fingerprint density at radius 3 is 2.08 bits per heavy atom. The number of benzene rings is 3. The van der Waals surface area contributed by atoms with Gasteiger partial charge in [-0.25, -0.2) is 0 Å². The van der Waals surface area contributed by atoms with Gasteiger partial charge in [-0.05, 0) is 74.4 Å². The molecule has 36 heavy (non-hydrogen) atoms. The summed E-state index contributed by atoms with van der Waals surface area (Å²) in [6.45, 7) is 4.21. The number of allylic oxidation sites excluding steroid dienone is 1. The molecule has 0 fully saturated rings. The number of hydrogen-bond acceptors (Lipinski definition) is 6. The van der Waals surface area contributed by atoms with Gasteiger partial charge in [0, 0.05) is 45.8 Å². The van der Waals surface area contributed by atoms with Crippen molar-refractivity contribution in [1.82, 2.24) is 5.32 Å². The van der Waals surface area contributed by atoms with E-state index in [2.05, 4.69) is 24.5 Å². The summed E-state index contributed by atoms with van der Waals surface area (Å²) >= 11 is 0. The fourth-order valence-electron chi connectivity index (χ4n) is 4.23. The first kappa shape index (κ1) is 24.9. The number of ketones is 1. The summed E-state index contributed by atoms with van der Waals surface area (Å²) in [6.07, 6.45) is 2.46. The van der Waals surface area contributed by atoms with Gasteiger partial charge in [0.1, 0.15) is 17.2 Å². The van der Waals surface area contributed by atoms with Crippen LogP contribution < -0.4 is 24.8 Å². The van der Waals surface area contributed by atoms with Crippen molar-refractivity contribution in [1.29, 1.82) is 0 Å². The Morgan fingerprint density at radius 1 is 0.833 bits per heavy atom. The van der Waals surface area contributed by atoms with E-state index in [1.54, 1.807) is 55.7 Å². The normalized spacial score (nSPS) is 14.9. The average molecular weight is 487 g/mol. The molecule has 0 radical (unpaired) electrons. The van der Waals surface area contributed by atoms with Crippen molar-refractivity contribution in [3.63, 3.8) is 0 Å². The highest BCUT2D eigenvalue weighted by molar-refractivity contribution is 6.09. The summed E-state index contributed by atoms with van der Waals surface area (Å²) in [6, 6.07) is 17.7. The topological polar surface area (TPSA) is 85.9 Å². The van der Waals surface area contributed by atoms with E-state index in [0.29, 0.717) is 28.3 Å². The van der Waals surface area contributed by atoms with Gasteiger partial charge in [0.25, 0.3) is 5.91 Å². The number of rotatable bonds is 7. The Hall–Kier alpha value is -4.26. The maximum atomic E-state index is 13.1. The van der Waals surface area contributed by atoms with Crippen LogP contribution in [0.4, 0.5) is 5.69 Å². The molecule has 1 amide bonds. The van der Waals surface area contributed by atoms with Crippen LogP contribution in [0.15, 0.2) is 66.7 Å². The second kappa shape index (κ2) is 10.2. The molecule has 0 aromatic heterocycles. The predicted molar refractivity (Wildman–Crippen MR) is 140 cm³/mol. The largest absolute Gasteiger partial charge is 0.497 e. The van der Waals surface area contributed by atoms with Crippen molar-refractivity contribution in [3.8, 4) is 17.2 Å². The third-order valence-corrected chi connectivity index (χ3v) is 6.03. The van der Waals surface area contributed by atoms with Crippen molar-refractivity contribution in [3.05, 3.63) is 89.0 Å². The van der Waals surface area contributed by atoms with Crippen LogP contribution in [0.1, 0.15) is 45.7 Å². The fraction of sp³-hybridized carbons (Fsp3) is 0.241. The fourth-order valence-corrected chi connectivity index (χ4v) is 4.23. The number of methoxy groups -OCH3 is 3. The first-order valence-electron chi connectivity index (χ1n) is 11.6. The van der Waals surface area contributed by atoms with Crippen LogP contribution in [0, 0.1) is 0 Å². The third-order valence-electron chi connectivity index (χ3n) is 6.03. The number of carbonyl (C=O) groups excluding carboxylic acids is 2. The summed E-state index contributed by atoms with van der Waals surface area (Å²) < 4.78 is 15.9. The Morgan fingerprint density at radius 2 is 1.47 bits per heavy atom. The zero-order chi connectivity index (χ0) is 25.9. The molecular formula is C29H30N2O5. The van der Waals surface area contributed by atoms with Crippen LogP contribution in [0.5, 0.6) is 17.2 Å². The molecule has 0 spiro atoms. The van der Waals surface area contributed by atoms with E-state index in [4.69, 9.17) is 14.2 Å². The SMILES string of the molecule is COc1cc(OC)cc(C(=O)Nc2ccc(C(=O)/C=C3\NC(C)(C)Cc4ccc(OC)cc43)cc2)c1. The zero-order valence-corrected chi connectivity index (χ0v) is 21.1. The maximum Gasteiger partial charge on any atom is 0.255 e. The molecule has 2 N–H and O–H groups in total. The third kappa shape index (κ3) is 5.51. The molecule has 3 aromatic rings. The monoisotopic (exact) mass is 486 g/mol. The smallest absolute Gasteiger partial charge is 0.255 e. The first-order valence-corrected chi connectivity index (χ1v) is 11.6. The number of anilines is 1. The first-order chi connectivity index (χ1) is 17.2. The molecule has 0 unspecified atom stereocenters. The van der Waals surface area contributed by atoms with Crippen LogP contribution in [0.3, 0.4) is 0 Å². The van der Waals surface area contributed by atoms with Crippen molar-refractivity contribution in [2.45, 2.75) is 25.8 Å². The van der Waals surface area contributed by atoms with Crippen LogP contribution in [0.25, 0.3) is 5.70 Å². The van der Waals surface area contributed by atoms with Crippen molar-refractivity contribution >= 4 is 23.1 Å². The van der Waals surface area contributed by atoms with Crippen LogP contribution in [0.2, 0.25) is 0 Å². The lowest BCUT2D eigenvalue weighted by atomic mass is 9.85. The Labute approximate surface area is 211 Å². The molecule has 1 heterocycles. The molecule has 3 aromatic carbocycles. The summed E-state index contributed by atoms with van der Waals surface area (Å²) in [7, 11) is 4.68. The Kier molecular flexibility index (Phi) is 7.01. The van der Waals surface area contributed by atoms with Crippen molar-refractivity contribution in [2.75, 3.05) is 26.6 Å². The summed E-state index contributed by atoms with van der Waals surface area (Å²) in [4.78, 5) is 25.9. The molecule has 0 saturated heterocycles. The van der Waals surface area contributed by atoms with Gasteiger partial charge in [-0.15, -0.1) is 0 Å². The lowest BCUT2D eigenvalue weighted by molar-refractivity contribution is 0.102. The predicted octanol–water partition coefficient (Wildman–Crippen LogP) is 5.11. The Bertz CT molecular complexity index is 1300. The lowest BCUT2D eigenvalue weighted by Crippen LogP contribution is -2.43. The molecule has 0 aliphatic carbocycles. The Balaban J connectivity index is 1.53. The molecule has 4 rings (SSSR count). The van der Waals surface area contributed by atoms with Gasteiger partial charge in [0.05, 0.1) is 21.3 Å². The van der Waals surface area contributed by atoms with E-state index in [9.17, 15) is 9.59 Å². The van der Waals surface area contributed by atoms with Gasteiger partial charge in [-0.2, -0.15) is 0 Å². The van der Waals surface area contributed by atoms with Crippen molar-refractivity contribution < 1.29 is 23.8 Å². The standard InChI is InChI=1S/C29H30N2O5/c1-29(2)17-19-8-11-22(34-3)15-25(19)26(31-29)16-27(32)18-6-9-21(10-7-18)30-28(33)20-12-23(35-4)14-24(13-20)36-5/h6-16,31H,17H2,1-5H3,(H,30,33)/b26-16-. The van der Waals surface area contributed by atoms with E-state index in [0.717, 1.165) is 29.0 Å². The number of nitrogens with one attached hydrogen (secondary N) is 2. The van der Waals surface area contributed by atoms with E-state index in [1.807, 2.05) is 18.2 Å². The molecule has 0 saturated carbocycles. The molecule has 186 valence electrons. The summed E-state index contributed by atoms with van der Waals surface area (Å²) in [5.41, 5.74) is 4.16. The highest BCUT2D eigenvalue weighted by atomic mass is 16.5. The number of ether oxygens (including phenoxy) is 3. The molecule has 0 bridgehead atoms. The van der Waals surface area contributed by atoms with Crippen LogP contribution in [-0.4, -0.2) is 38.6 Å². The number of amides is 1. The lowest BCUT2D eigenvalue weighted by Gasteiger charge is -2.35. The number of hydrogen-bond donors (Lipinski definition) is 2. The summed E-state index contributed by atoms with van der Waals surface area (Å²) in [5, 5.41) is 6.32. The second-order valence-corrected chi connectivity index (χ2v) is 9.26. The molecule has 7 nitrogen and oxygen atoms in total. The van der Waals surface area contributed by atoms with Gasteiger partial charge < -0.3 is 24.8 Å². The minimum atomic E-state index is -0.312. The van der Waals surface area contributed by atoms with E-state index in [-0.39, 0.29) is 17.2 Å². The minimum absolute atomic E-state index is 0.139. The average Bonchev–Trinajstić information content (AvgIpc) is 2.87. The highest BCUT2D eigenvalue weighted by Crippen LogP contribution is 2.32. The van der Waals surface area contributed by atoms with Gasteiger partial charge in [0.15, 0.2) is 5.78 Å². The maximum absolute atomic E-state index is 13.1. The van der Waals surface area contributed by atoms with Crippen LogP contribution >= 0.6 is 0 Å². The van der Waals surface area contributed by atoms with E-state index >= 15 is 0 Å². The molecule has 0 atom stereocenters. The molecule has 7 heteroatoms. The van der Waals surface area contributed by atoms with E-state index < -0.39 is 0 Å². The molecule has 1 aliphatic heterocycles. The zero-order valence-electron chi connectivity index (χ0n) is 21.1. The highest BCUT2D eigenvalue weighted by Gasteiger charge is 2.28. The van der Waals surface area contributed by atoms with Gasteiger partial charge in [0.2, 0.25) is 0 Å². The van der Waals surface area contributed by atoms with Gasteiger partial charge in [-0.1, -0.05) is 6.07 Å². The quantitative estimate of drug-likeness (QED) is 0.356. The second-order valence-electron chi connectivity index (χ2n) is 9.26. The summed E-state index contributed by atoms with van der Waals surface area (Å²) in [5.74, 6) is 1.33.